The minimum atomic E-state index is 0.767. The molecule has 0 atom stereocenters. The summed E-state index contributed by atoms with van der Waals surface area (Å²) in [7, 11) is 0. The molecule has 1 saturated carbocycles. The van der Waals surface area contributed by atoms with Gasteiger partial charge in [-0.1, -0.05) is 108 Å². The van der Waals surface area contributed by atoms with Crippen LogP contribution in [0.25, 0.3) is 11.3 Å². The topological polar surface area (TPSA) is 12.9 Å². The number of aryl methyl sites for hydroxylation is 1. The number of hydrogen-bond acceptors (Lipinski definition) is 1. The highest BCUT2D eigenvalue weighted by atomic mass is 14.7. The summed E-state index contributed by atoms with van der Waals surface area (Å²) in [5.41, 5.74) is 5.29. The highest BCUT2D eigenvalue weighted by Gasteiger charge is 2.22. The molecule has 0 bridgehead atoms. The van der Waals surface area contributed by atoms with E-state index in [0.29, 0.717) is 0 Å². The number of rotatable bonds is 14. The molecule has 0 radical (unpaired) electrons. The third kappa shape index (κ3) is 8.38. The molecule has 1 aliphatic rings. The second kappa shape index (κ2) is 14.5. The average Bonchev–Trinajstić information content (AvgIpc) is 2.85. The van der Waals surface area contributed by atoms with Gasteiger partial charge in [0.15, 0.2) is 0 Å². The number of unbranched alkanes of at least 4 members (excludes halogenated alkanes) is 8. The van der Waals surface area contributed by atoms with E-state index in [1.165, 1.54) is 119 Å². The summed E-state index contributed by atoms with van der Waals surface area (Å²) in [5, 5.41) is 0. The van der Waals surface area contributed by atoms with Gasteiger partial charge in [-0.3, -0.25) is 4.98 Å². The van der Waals surface area contributed by atoms with Crippen molar-refractivity contribution in [3.05, 3.63) is 53.7 Å². The van der Waals surface area contributed by atoms with Gasteiger partial charge in [0.2, 0.25) is 0 Å². The molecule has 0 saturated heterocycles. The Hall–Kier alpha value is -1.63. The van der Waals surface area contributed by atoms with E-state index in [2.05, 4.69) is 56.4 Å². The van der Waals surface area contributed by atoms with Gasteiger partial charge >= 0.3 is 0 Å². The van der Waals surface area contributed by atoms with Crippen LogP contribution in [0.3, 0.4) is 0 Å². The van der Waals surface area contributed by atoms with Crippen molar-refractivity contribution in [1.82, 2.24) is 4.98 Å². The fourth-order valence-corrected chi connectivity index (χ4v) is 5.42. The SMILES string of the molecule is CCCCCCCCCc1ccc(-c2ccc(C3CCC(CCCCC)CC3)cc2)nc1. The maximum Gasteiger partial charge on any atom is 0.0702 e. The summed E-state index contributed by atoms with van der Waals surface area (Å²) in [6.07, 6.45) is 24.1. The Labute approximate surface area is 198 Å². The molecule has 0 amide bonds. The summed E-state index contributed by atoms with van der Waals surface area (Å²) in [4.78, 5) is 4.78. The van der Waals surface area contributed by atoms with Crippen LogP contribution in [0.4, 0.5) is 0 Å². The predicted molar refractivity (Wildman–Crippen MR) is 140 cm³/mol. The lowest BCUT2D eigenvalue weighted by Gasteiger charge is -2.29. The van der Waals surface area contributed by atoms with Crippen molar-refractivity contribution in [1.29, 1.82) is 0 Å². The number of nitrogens with zero attached hydrogens (tertiary/aromatic N) is 1. The Balaban J connectivity index is 1.41. The first-order valence-electron chi connectivity index (χ1n) is 13.9. The quantitative estimate of drug-likeness (QED) is 0.270. The monoisotopic (exact) mass is 433 g/mol. The van der Waals surface area contributed by atoms with Crippen molar-refractivity contribution >= 4 is 0 Å². The number of aromatic nitrogens is 1. The van der Waals surface area contributed by atoms with Crippen LogP contribution in [0.5, 0.6) is 0 Å². The van der Waals surface area contributed by atoms with Crippen molar-refractivity contribution < 1.29 is 0 Å². The Morgan fingerprint density at radius 3 is 2.00 bits per heavy atom. The Morgan fingerprint density at radius 2 is 1.34 bits per heavy atom. The summed E-state index contributed by atoms with van der Waals surface area (Å²) < 4.78 is 0. The second-order valence-corrected chi connectivity index (χ2v) is 10.3. The molecule has 1 aromatic carbocycles. The number of benzene rings is 1. The summed E-state index contributed by atoms with van der Waals surface area (Å²) >= 11 is 0. The summed E-state index contributed by atoms with van der Waals surface area (Å²) in [6, 6.07) is 13.8. The van der Waals surface area contributed by atoms with Crippen molar-refractivity contribution in [3.63, 3.8) is 0 Å². The van der Waals surface area contributed by atoms with E-state index in [4.69, 9.17) is 4.98 Å². The van der Waals surface area contributed by atoms with E-state index in [1.54, 1.807) is 0 Å². The normalized spacial score (nSPS) is 18.7. The molecule has 1 heteroatoms. The van der Waals surface area contributed by atoms with Crippen molar-refractivity contribution in [2.45, 2.75) is 122 Å². The lowest BCUT2D eigenvalue weighted by molar-refractivity contribution is 0.303. The van der Waals surface area contributed by atoms with Crippen LogP contribution in [0.15, 0.2) is 42.6 Å². The highest BCUT2D eigenvalue weighted by Crippen LogP contribution is 2.38. The van der Waals surface area contributed by atoms with Gasteiger partial charge in [0, 0.05) is 11.8 Å². The molecule has 32 heavy (non-hydrogen) atoms. The van der Waals surface area contributed by atoms with E-state index in [9.17, 15) is 0 Å². The van der Waals surface area contributed by atoms with Crippen LogP contribution in [-0.4, -0.2) is 4.98 Å². The van der Waals surface area contributed by atoms with Crippen molar-refractivity contribution in [2.24, 2.45) is 5.92 Å². The van der Waals surface area contributed by atoms with Crippen LogP contribution in [0.2, 0.25) is 0 Å². The maximum atomic E-state index is 4.78. The third-order valence-corrected chi connectivity index (χ3v) is 7.63. The molecule has 1 aromatic heterocycles. The lowest BCUT2D eigenvalue weighted by Crippen LogP contribution is -2.13. The van der Waals surface area contributed by atoms with E-state index in [-0.39, 0.29) is 0 Å². The zero-order valence-electron chi connectivity index (χ0n) is 21.0. The third-order valence-electron chi connectivity index (χ3n) is 7.63. The van der Waals surface area contributed by atoms with Gasteiger partial charge < -0.3 is 0 Å². The minimum absolute atomic E-state index is 0.767. The maximum absolute atomic E-state index is 4.78. The lowest BCUT2D eigenvalue weighted by atomic mass is 9.77. The van der Waals surface area contributed by atoms with E-state index in [1.807, 2.05) is 0 Å². The average molecular weight is 434 g/mol. The smallest absolute Gasteiger partial charge is 0.0702 e. The molecule has 3 rings (SSSR count). The molecule has 0 aliphatic heterocycles. The first-order chi connectivity index (χ1) is 15.8. The van der Waals surface area contributed by atoms with Crippen LogP contribution in [0, 0.1) is 5.92 Å². The molecule has 2 aromatic rings. The number of pyridine rings is 1. The molecule has 0 N–H and O–H groups in total. The first-order valence-corrected chi connectivity index (χ1v) is 13.9. The molecule has 1 aliphatic carbocycles. The highest BCUT2D eigenvalue weighted by molar-refractivity contribution is 5.59. The predicted octanol–water partition coefficient (Wildman–Crippen LogP) is 9.90. The molecular weight excluding hydrogens is 386 g/mol. The van der Waals surface area contributed by atoms with Crippen molar-refractivity contribution in [3.8, 4) is 11.3 Å². The fraction of sp³-hybridized carbons (Fsp3) is 0.645. The molecular formula is C31H47N. The van der Waals surface area contributed by atoms with Crippen molar-refractivity contribution in [2.75, 3.05) is 0 Å². The largest absolute Gasteiger partial charge is 0.256 e. The van der Waals surface area contributed by atoms with Gasteiger partial charge in [-0.05, 0) is 67.6 Å². The molecule has 0 unspecified atom stereocenters. The zero-order chi connectivity index (χ0) is 22.4. The summed E-state index contributed by atoms with van der Waals surface area (Å²) in [5.74, 6) is 1.75. The van der Waals surface area contributed by atoms with E-state index >= 15 is 0 Å². The van der Waals surface area contributed by atoms with Crippen LogP contribution >= 0.6 is 0 Å². The Bertz CT molecular complexity index is 722. The first kappa shape index (κ1) is 25.0. The van der Waals surface area contributed by atoms with Gasteiger partial charge in [-0.25, -0.2) is 0 Å². The van der Waals surface area contributed by atoms with Gasteiger partial charge in [-0.15, -0.1) is 0 Å². The Morgan fingerprint density at radius 1 is 0.688 bits per heavy atom. The fourth-order valence-electron chi connectivity index (χ4n) is 5.42. The standard InChI is InChI=1S/C31H47N/c1-3-5-7-8-9-10-12-14-27-17-24-31(32-25-27)30-22-20-29(21-23-30)28-18-15-26(16-19-28)13-11-6-4-2/h17,20-26,28H,3-16,18-19H2,1-2H3. The van der Waals surface area contributed by atoms with E-state index in [0.717, 1.165) is 17.5 Å². The zero-order valence-corrected chi connectivity index (χ0v) is 21.0. The van der Waals surface area contributed by atoms with E-state index < -0.39 is 0 Å². The Kier molecular flexibility index (Phi) is 11.3. The summed E-state index contributed by atoms with van der Waals surface area (Å²) in [6.45, 7) is 4.59. The molecule has 1 fully saturated rings. The van der Waals surface area contributed by atoms with Gasteiger partial charge in [-0.2, -0.15) is 0 Å². The van der Waals surface area contributed by atoms with Gasteiger partial charge in [0.05, 0.1) is 5.69 Å². The molecule has 176 valence electrons. The van der Waals surface area contributed by atoms with Gasteiger partial charge in [0.1, 0.15) is 0 Å². The number of hydrogen-bond donors (Lipinski definition) is 0. The molecule has 0 spiro atoms. The molecule has 1 heterocycles. The van der Waals surface area contributed by atoms with Crippen LogP contribution in [-0.2, 0) is 6.42 Å². The van der Waals surface area contributed by atoms with Gasteiger partial charge in [0.25, 0.3) is 0 Å². The second-order valence-electron chi connectivity index (χ2n) is 10.3. The molecule has 1 nitrogen and oxygen atoms in total. The minimum Gasteiger partial charge on any atom is -0.256 e. The van der Waals surface area contributed by atoms with Crippen LogP contribution < -0.4 is 0 Å². The van der Waals surface area contributed by atoms with Crippen LogP contribution in [0.1, 0.15) is 127 Å².